The molecule has 68 valence electrons. The first-order chi connectivity index (χ1) is 4.86. The minimum Gasteiger partial charge on any atom is -0.450 e. The van der Waals surface area contributed by atoms with Crippen LogP contribution >= 0.6 is 0 Å². The smallest absolute Gasteiger partial charge is 0.450 e. The molecule has 0 aromatic carbocycles. The van der Waals surface area contributed by atoms with Gasteiger partial charge in [0.1, 0.15) is 0 Å². The largest absolute Gasteiger partial charge is 0.503 e. The molecule has 0 spiro atoms. The Balaban J connectivity index is 0. The molecule has 0 amide bonds. The van der Waals surface area contributed by atoms with Crippen molar-refractivity contribution in [3.63, 3.8) is 0 Å². The molecule has 0 aliphatic carbocycles. The van der Waals surface area contributed by atoms with Crippen molar-refractivity contribution < 1.29 is 20.1 Å². The first-order valence-corrected chi connectivity index (χ1v) is 3.46. The zero-order chi connectivity index (χ0) is 9.44. The number of aliphatic hydroxyl groups excluding tert-OH is 1. The summed E-state index contributed by atoms with van der Waals surface area (Å²) >= 11 is 0. The lowest BCUT2D eigenvalue weighted by atomic mass is 10.1. The first-order valence-electron chi connectivity index (χ1n) is 3.46. The van der Waals surface area contributed by atoms with E-state index in [1.54, 1.807) is 0 Å². The van der Waals surface area contributed by atoms with Gasteiger partial charge >= 0.3 is 6.16 Å². The standard InChI is InChI=1S/C6H14O.CH2O3/c1-5(2)4-6(3)7;2-1(3)4/h5-7H,4H2,1-3H3;(H2,2,3,4). The van der Waals surface area contributed by atoms with Crippen molar-refractivity contribution in [2.24, 2.45) is 5.92 Å². The highest BCUT2D eigenvalue weighted by atomic mass is 16.6. The molecule has 0 radical (unpaired) electrons. The fraction of sp³-hybridized carbons (Fsp3) is 0.857. The van der Waals surface area contributed by atoms with E-state index in [1.807, 2.05) is 6.92 Å². The highest BCUT2D eigenvalue weighted by Gasteiger charge is 1.97. The number of hydrogen-bond acceptors (Lipinski definition) is 2. The summed E-state index contributed by atoms with van der Waals surface area (Å²) in [5.41, 5.74) is 0. The molecule has 0 aliphatic heterocycles. The molecule has 1 unspecified atom stereocenters. The van der Waals surface area contributed by atoms with E-state index in [4.69, 9.17) is 20.1 Å². The second kappa shape index (κ2) is 7.34. The summed E-state index contributed by atoms with van der Waals surface area (Å²) in [5, 5.41) is 22.7. The van der Waals surface area contributed by atoms with E-state index in [0.717, 1.165) is 6.42 Å². The minimum absolute atomic E-state index is 0.125. The average molecular weight is 164 g/mol. The Morgan fingerprint density at radius 3 is 1.55 bits per heavy atom. The number of carbonyl (C=O) groups is 1. The van der Waals surface area contributed by atoms with Crippen LogP contribution in [0.1, 0.15) is 27.2 Å². The Morgan fingerprint density at radius 2 is 1.55 bits per heavy atom. The van der Waals surface area contributed by atoms with Crippen LogP contribution in [-0.4, -0.2) is 27.6 Å². The van der Waals surface area contributed by atoms with E-state index >= 15 is 0 Å². The molecule has 0 aromatic heterocycles. The third-order valence-corrected chi connectivity index (χ3v) is 0.813. The van der Waals surface area contributed by atoms with Crippen molar-refractivity contribution in [3.05, 3.63) is 0 Å². The van der Waals surface area contributed by atoms with Crippen LogP contribution in [0.3, 0.4) is 0 Å². The van der Waals surface area contributed by atoms with Gasteiger partial charge in [-0.25, -0.2) is 4.79 Å². The van der Waals surface area contributed by atoms with Gasteiger partial charge < -0.3 is 15.3 Å². The molecule has 3 N–H and O–H groups in total. The van der Waals surface area contributed by atoms with E-state index in [-0.39, 0.29) is 6.10 Å². The van der Waals surface area contributed by atoms with E-state index < -0.39 is 6.16 Å². The van der Waals surface area contributed by atoms with Crippen molar-refractivity contribution in [2.45, 2.75) is 33.3 Å². The Kier molecular flexibility index (Phi) is 8.58. The van der Waals surface area contributed by atoms with Crippen LogP contribution in [0, 0.1) is 5.92 Å². The average Bonchev–Trinajstić information content (AvgIpc) is 1.56. The maximum atomic E-state index is 8.72. The van der Waals surface area contributed by atoms with Crippen molar-refractivity contribution >= 4 is 6.16 Å². The molecular formula is C7H16O4. The van der Waals surface area contributed by atoms with E-state index in [0.29, 0.717) is 5.92 Å². The minimum atomic E-state index is -1.83. The third-order valence-electron chi connectivity index (χ3n) is 0.813. The molecule has 0 bridgehead atoms. The molecule has 0 aliphatic rings. The molecule has 1 atom stereocenters. The summed E-state index contributed by atoms with van der Waals surface area (Å²) in [6.45, 7) is 6.03. The Hall–Kier alpha value is -0.770. The quantitative estimate of drug-likeness (QED) is 0.579. The monoisotopic (exact) mass is 164 g/mol. The zero-order valence-corrected chi connectivity index (χ0v) is 7.11. The maximum Gasteiger partial charge on any atom is 0.503 e. The molecule has 0 heterocycles. The lowest BCUT2D eigenvalue weighted by Crippen LogP contribution is -2.03. The van der Waals surface area contributed by atoms with Crippen LogP contribution in [0.25, 0.3) is 0 Å². The zero-order valence-electron chi connectivity index (χ0n) is 7.11. The van der Waals surface area contributed by atoms with Gasteiger partial charge in [0.05, 0.1) is 6.10 Å². The molecule has 0 saturated carbocycles. The molecule has 4 heteroatoms. The Bertz CT molecular complexity index is 88.6. The predicted molar refractivity (Wildman–Crippen MR) is 41.8 cm³/mol. The van der Waals surface area contributed by atoms with Gasteiger partial charge in [-0.05, 0) is 19.3 Å². The van der Waals surface area contributed by atoms with Crippen molar-refractivity contribution in [2.75, 3.05) is 0 Å². The molecular weight excluding hydrogens is 148 g/mol. The van der Waals surface area contributed by atoms with Gasteiger partial charge in [-0.1, -0.05) is 13.8 Å². The Morgan fingerprint density at radius 1 is 1.27 bits per heavy atom. The van der Waals surface area contributed by atoms with E-state index in [1.165, 1.54) is 0 Å². The molecule has 4 nitrogen and oxygen atoms in total. The second-order valence-electron chi connectivity index (χ2n) is 2.76. The lowest BCUT2D eigenvalue weighted by molar-refractivity contribution is 0.137. The van der Waals surface area contributed by atoms with Gasteiger partial charge in [0.2, 0.25) is 0 Å². The first kappa shape index (κ1) is 12.9. The summed E-state index contributed by atoms with van der Waals surface area (Å²) in [4.78, 5) is 8.56. The van der Waals surface area contributed by atoms with Crippen LogP contribution in [0.4, 0.5) is 4.79 Å². The number of hydrogen-bond donors (Lipinski definition) is 3. The highest BCUT2D eigenvalue weighted by Crippen LogP contribution is 2.01. The predicted octanol–water partition coefficient (Wildman–Crippen LogP) is 1.64. The summed E-state index contributed by atoms with van der Waals surface area (Å²) in [7, 11) is 0. The van der Waals surface area contributed by atoms with Gasteiger partial charge in [-0.2, -0.15) is 0 Å². The maximum absolute atomic E-state index is 8.72. The van der Waals surface area contributed by atoms with Crippen molar-refractivity contribution in [1.82, 2.24) is 0 Å². The fourth-order valence-electron chi connectivity index (χ4n) is 0.682. The third kappa shape index (κ3) is 46.2. The summed E-state index contributed by atoms with van der Waals surface area (Å²) in [6.07, 6.45) is -1.04. The van der Waals surface area contributed by atoms with E-state index in [2.05, 4.69) is 13.8 Å². The topological polar surface area (TPSA) is 77.8 Å². The molecule has 11 heavy (non-hydrogen) atoms. The lowest BCUT2D eigenvalue weighted by Gasteiger charge is -2.04. The van der Waals surface area contributed by atoms with Crippen LogP contribution in [0.2, 0.25) is 0 Å². The normalized spacial score (nSPS) is 11.7. The van der Waals surface area contributed by atoms with Crippen LogP contribution in [-0.2, 0) is 0 Å². The van der Waals surface area contributed by atoms with Gasteiger partial charge in [-0.15, -0.1) is 0 Å². The highest BCUT2D eigenvalue weighted by molar-refractivity contribution is 5.53. The van der Waals surface area contributed by atoms with Gasteiger partial charge in [0.25, 0.3) is 0 Å². The SMILES string of the molecule is CC(C)CC(C)O.O=C(O)O. The molecule has 0 rings (SSSR count). The number of rotatable bonds is 2. The summed E-state index contributed by atoms with van der Waals surface area (Å²) in [6, 6.07) is 0. The number of aliphatic hydroxyl groups is 1. The van der Waals surface area contributed by atoms with Crippen molar-refractivity contribution in [3.8, 4) is 0 Å². The van der Waals surface area contributed by atoms with Crippen molar-refractivity contribution in [1.29, 1.82) is 0 Å². The van der Waals surface area contributed by atoms with Crippen LogP contribution < -0.4 is 0 Å². The van der Waals surface area contributed by atoms with Gasteiger partial charge in [-0.3, -0.25) is 0 Å². The summed E-state index contributed by atoms with van der Waals surface area (Å²) < 4.78 is 0. The Labute approximate surface area is 66.5 Å². The molecule has 0 fully saturated rings. The number of carboxylic acid groups (broad SMARTS) is 2. The van der Waals surface area contributed by atoms with Gasteiger partial charge in [0.15, 0.2) is 0 Å². The molecule has 0 aromatic rings. The summed E-state index contributed by atoms with van der Waals surface area (Å²) in [5.74, 6) is 0.625. The van der Waals surface area contributed by atoms with E-state index in [9.17, 15) is 0 Å². The fourth-order valence-corrected chi connectivity index (χ4v) is 0.682. The molecule has 0 saturated heterocycles. The van der Waals surface area contributed by atoms with Crippen LogP contribution in [0.15, 0.2) is 0 Å². The van der Waals surface area contributed by atoms with Crippen LogP contribution in [0.5, 0.6) is 0 Å². The second-order valence-corrected chi connectivity index (χ2v) is 2.76. The van der Waals surface area contributed by atoms with Gasteiger partial charge in [0, 0.05) is 0 Å².